The smallest absolute Gasteiger partial charge is 0.0894 e. The van der Waals surface area contributed by atoms with E-state index in [1.54, 1.807) is 12.1 Å². The average molecular weight is 258 g/mol. The lowest BCUT2D eigenvalue weighted by atomic mass is 10.1. The average Bonchev–Trinajstić information content (AvgIpc) is 2.55. The summed E-state index contributed by atoms with van der Waals surface area (Å²) in [6, 6.07) is 19.4. The van der Waals surface area contributed by atoms with Crippen molar-refractivity contribution >= 4 is 21.8 Å². The fourth-order valence-corrected chi connectivity index (χ4v) is 2.27. The van der Waals surface area contributed by atoms with Gasteiger partial charge in [0.05, 0.1) is 25.2 Å². The third-order valence-corrected chi connectivity index (χ3v) is 3.28. The van der Waals surface area contributed by atoms with Crippen LogP contribution in [0.4, 0.5) is 0 Å². The molecule has 2 aromatic heterocycles. The Morgan fingerprint density at radius 1 is 0.600 bits per heavy atom. The minimum absolute atomic E-state index is 0.419. The molecule has 94 valence electrons. The maximum atomic E-state index is 8.16. The SMILES string of the molecule is [2H]c1cc(-c2cc([2H])c3ccccc3n2)nc2ccccc12. The van der Waals surface area contributed by atoms with E-state index >= 15 is 0 Å². The van der Waals surface area contributed by atoms with E-state index < -0.39 is 0 Å². The second-order valence-electron chi connectivity index (χ2n) is 4.61. The first-order chi connectivity index (χ1) is 10.7. The van der Waals surface area contributed by atoms with Crippen LogP contribution in [0.25, 0.3) is 33.2 Å². The summed E-state index contributed by atoms with van der Waals surface area (Å²) < 4.78 is 16.3. The Hall–Kier alpha value is -2.74. The Kier molecular flexibility index (Phi) is 2.04. The van der Waals surface area contributed by atoms with Crippen molar-refractivity contribution in [2.75, 3.05) is 0 Å². The molecule has 0 atom stereocenters. The second kappa shape index (κ2) is 4.42. The van der Waals surface area contributed by atoms with E-state index in [9.17, 15) is 0 Å². The van der Waals surface area contributed by atoms with E-state index in [0.29, 0.717) is 23.5 Å². The van der Waals surface area contributed by atoms with Crippen LogP contribution in [0.5, 0.6) is 0 Å². The number of hydrogen-bond acceptors (Lipinski definition) is 2. The molecule has 2 aromatic carbocycles. The summed E-state index contributed by atoms with van der Waals surface area (Å²) >= 11 is 0. The number of pyridine rings is 2. The van der Waals surface area contributed by atoms with Gasteiger partial charge in [-0.25, -0.2) is 9.97 Å². The molecule has 0 unspecified atom stereocenters. The van der Waals surface area contributed by atoms with Crippen molar-refractivity contribution in [2.24, 2.45) is 0 Å². The van der Waals surface area contributed by atoms with Gasteiger partial charge in [-0.1, -0.05) is 48.5 Å². The van der Waals surface area contributed by atoms with Crippen molar-refractivity contribution in [3.05, 3.63) is 72.7 Å². The van der Waals surface area contributed by atoms with E-state index in [1.165, 1.54) is 0 Å². The standard InChI is InChI=1S/C18H12N2/c1-3-7-15-13(5-1)9-11-17(19-15)18-12-10-14-6-2-4-8-16(14)20-18/h1-12H/i9D,10D. The van der Waals surface area contributed by atoms with Gasteiger partial charge in [0.2, 0.25) is 0 Å². The van der Waals surface area contributed by atoms with E-state index in [4.69, 9.17) is 2.74 Å². The highest BCUT2D eigenvalue weighted by Gasteiger charge is 2.03. The lowest BCUT2D eigenvalue weighted by molar-refractivity contribution is 1.32. The van der Waals surface area contributed by atoms with Gasteiger partial charge in [0, 0.05) is 10.8 Å². The van der Waals surface area contributed by atoms with Gasteiger partial charge in [-0.3, -0.25) is 0 Å². The number of aromatic nitrogens is 2. The first-order valence-corrected chi connectivity index (χ1v) is 6.45. The van der Waals surface area contributed by atoms with Crippen LogP contribution in [0.2, 0.25) is 0 Å². The Bertz CT molecular complexity index is 929. The molecular formula is C18H12N2. The predicted molar refractivity (Wildman–Crippen MR) is 82.5 cm³/mol. The van der Waals surface area contributed by atoms with Gasteiger partial charge in [0.15, 0.2) is 0 Å². The molecule has 20 heavy (non-hydrogen) atoms. The minimum atomic E-state index is 0.419. The third-order valence-electron chi connectivity index (χ3n) is 3.28. The number of rotatable bonds is 1. The van der Waals surface area contributed by atoms with Crippen molar-refractivity contribution in [1.29, 1.82) is 0 Å². The van der Waals surface area contributed by atoms with Crippen LogP contribution in [0, 0.1) is 0 Å². The molecule has 0 N–H and O–H groups in total. The van der Waals surface area contributed by atoms with E-state index in [0.717, 1.165) is 21.8 Å². The molecule has 0 spiro atoms. The Balaban J connectivity index is 1.99. The number of fused-ring (bicyclic) bond motifs is 2. The van der Waals surface area contributed by atoms with Crippen LogP contribution in [0.15, 0.2) is 72.7 Å². The summed E-state index contributed by atoms with van der Waals surface area (Å²) in [7, 11) is 0. The number of hydrogen-bond donors (Lipinski definition) is 0. The van der Waals surface area contributed by atoms with E-state index in [2.05, 4.69) is 9.97 Å². The number of nitrogens with zero attached hydrogens (tertiary/aromatic N) is 2. The van der Waals surface area contributed by atoms with Gasteiger partial charge in [-0.15, -0.1) is 0 Å². The first-order valence-electron chi connectivity index (χ1n) is 7.45. The molecular weight excluding hydrogens is 244 g/mol. The number of para-hydroxylation sites is 2. The highest BCUT2D eigenvalue weighted by Crippen LogP contribution is 2.21. The molecule has 0 aliphatic rings. The van der Waals surface area contributed by atoms with Gasteiger partial charge in [0.1, 0.15) is 0 Å². The monoisotopic (exact) mass is 258 g/mol. The molecule has 0 saturated carbocycles. The Morgan fingerprint density at radius 2 is 1.05 bits per heavy atom. The lowest BCUT2D eigenvalue weighted by Crippen LogP contribution is -1.89. The van der Waals surface area contributed by atoms with Gasteiger partial charge in [-0.05, 0) is 24.3 Å². The summed E-state index contributed by atoms with van der Waals surface area (Å²) in [5.41, 5.74) is 2.80. The van der Waals surface area contributed by atoms with Crippen LogP contribution >= 0.6 is 0 Å². The maximum Gasteiger partial charge on any atom is 0.0894 e. The normalized spacial score (nSPS) is 12.4. The molecule has 0 amide bonds. The fourth-order valence-electron chi connectivity index (χ4n) is 2.27. The van der Waals surface area contributed by atoms with Crippen LogP contribution < -0.4 is 0 Å². The summed E-state index contributed by atoms with van der Waals surface area (Å²) in [5.74, 6) is 0. The molecule has 4 rings (SSSR count). The molecule has 0 aliphatic heterocycles. The first kappa shape index (κ1) is 9.21. The van der Waals surface area contributed by atoms with Crippen molar-refractivity contribution < 1.29 is 2.74 Å². The van der Waals surface area contributed by atoms with Crippen molar-refractivity contribution in [2.45, 2.75) is 0 Å². The van der Waals surface area contributed by atoms with Crippen molar-refractivity contribution in [1.82, 2.24) is 9.97 Å². The molecule has 2 heterocycles. The highest BCUT2D eigenvalue weighted by molar-refractivity contribution is 5.83. The van der Waals surface area contributed by atoms with Gasteiger partial charge >= 0.3 is 0 Å². The molecule has 4 aromatic rings. The zero-order valence-electron chi connectivity index (χ0n) is 12.7. The van der Waals surface area contributed by atoms with Gasteiger partial charge in [-0.2, -0.15) is 0 Å². The lowest BCUT2D eigenvalue weighted by Gasteiger charge is -2.04. The van der Waals surface area contributed by atoms with Crippen molar-refractivity contribution in [3.8, 4) is 11.4 Å². The van der Waals surface area contributed by atoms with E-state index in [1.807, 2.05) is 48.5 Å². The quantitative estimate of drug-likeness (QED) is 0.504. The molecule has 2 nitrogen and oxygen atoms in total. The van der Waals surface area contributed by atoms with Crippen LogP contribution in [-0.4, -0.2) is 9.97 Å². The largest absolute Gasteiger partial charge is 0.246 e. The number of benzene rings is 2. The van der Waals surface area contributed by atoms with Crippen LogP contribution in [0.3, 0.4) is 0 Å². The molecule has 0 bridgehead atoms. The fraction of sp³-hybridized carbons (Fsp3) is 0. The molecule has 0 fully saturated rings. The second-order valence-corrected chi connectivity index (χ2v) is 4.61. The summed E-state index contributed by atoms with van der Waals surface area (Å²) in [4.78, 5) is 9.18. The summed E-state index contributed by atoms with van der Waals surface area (Å²) in [5, 5.41) is 1.64. The zero-order chi connectivity index (χ0) is 15.1. The topological polar surface area (TPSA) is 25.8 Å². The molecule has 0 saturated heterocycles. The Morgan fingerprint density at radius 3 is 1.55 bits per heavy atom. The van der Waals surface area contributed by atoms with E-state index in [-0.39, 0.29) is 0 Å². The Labute approximate surface area is 119 Å². The molecule has 2 heteroatoms. The maximum absolute atomic E-state index is 8.16. The summed E-state index contributed by atoms with van der Waals surface area (Å²) in [6.07, 6.45) is 0. The molecule has 0 aliphatic carbocycles. The molecule has 0 radical (unpaired) electrons. The summed E-state index contributed by atoms with van der Waals surface area (Å²) in [6.45, 7) is 0. The van der Waals surface area contributed by atoms with Crippen molar-refractivity contribution in [3.63, 3.8) is 0 Å². The minimum Gasteiger partial charge on any atom is -0.246 e. The van der Waals surface area contributed by atoms with Crippen LogP contribution in [-0.2, 0) is 0 Å². The predicted octanol–water partition coefficient (Wildman–Crippen LogP) is 4.45. The van der Waals surface area contributed by atoms with Crippen LogP contribution in [0.1, 0.15) is 2.74 Å². The zero-order valence-corrected chi connectivity index (χ0v) is 10.7. The highest BCUT2D eigenvalue weighted by atomic mass is 14.8. The van der Waals surface area contributed by atoms with Gasteiger partial charge in [0.25, 0.3) is 0 Å². The van der Waals surface area contributed by atoms with Gasteiger partial charge < -0.3 is 0 Å². The third kappa shape index (κ3) is 1.82.